The molecule has 0 aliphatic carbocycles. The minimum absolute atomic E-state index is 0.0391. The predicted molar refractivity (Wildman–Crippen MR) is 79.7 cm³/mol. The second kappa shape index (κ2) is 8.71. The Bertz CT molecular complexity index is 420. The lowest BCUT2D eigenvalue weighted by Gasteiger charge is -2.19. The third kappa shape index (κ3) is 5.71. The molecule has 0 aliphatic heterocycles. The van der Waals surface area contributed by atoms with Gasteiger partial charge in [0, 0.05) is 36.6 Å². The molecule has 2 atom stereocenters. The molecule has 1 aromatic rings. The van der Waals surface area contributed by atoms with Crippen LogP contribution in [-0.4, -0.2) is 36.1 Å². The van der Waals surface area contributed by atoms with E-state index in [0.29, 0.717) is 24.9 Å². The van der Waals surface area contributed by atoms with E-state index in [1.54, 1.807) is 11.4 Å². The molecule has 20 heavy (non-hydrogen) atoms. The van der Waals surface area contributed by atoms with Crippen molar-refractivity contribution in [2.45, 2.75) is 32.7 Å². The summed E-state index contributed by atoms with van der Waals surface area (Å²) in [6.07, 6.45) is 0.967. The van der Waals surface area contributed by atoms with E-state index in [0.717, 1.165) is 0 Å². The zero-order chi connectivity index (χ0) is 15.0. The maximum atomic E-state index is 11.6. The van der Waals surface area contributed by atoms with E-state index in [-0.39, 0.29) is 30.4 Å². The number of hydrogen-bond acceptors (Lipinski definition) is 4. The van der Waals surface area contributed by atoms with Gasteiger partial charge in [-0.15, -0.1) is 0 Å². The van der Waals surface area contributed by atoms with Crippen molar-refractivity contribution in [1.82, 2.24) is 10.6 Å². The number of amides is 2. The van der Waals surface area contributed by atoms with E-state index in [2.05, 4.69) is 10.6 Å². The molecule has 0 bridgehead atoms. The normalized spacial score (nSPS) is 13.6. The van der Waals surface area contributed by atoms with Gasteiger partial charge in [-0.05, 0) is 30.7 Å². The first-order valence-corrected chi connectivity index (χ1v) is 7.69. The molecule has 0 spiro atoms. The molecule has 0 aromatic carbocycles. The summed E-state index contributed by atoms with van der Waals surface area (Å²) in [4.78, 5) is 23.3. The van der Waals surface area contributed by atoms with Gasteiger partial charge < -0.3 is 15.7 Å². The number of nitrogens with one attached hydrogen (secondary N) is 2. The fourth-order valence-corrected chi connectivity index (χ4v) is 2.21. The lowest BCUT2D eigenvalue weighted by molar-refractivity contribution is -0.122. The Kier molecular flexibility index (Phi) is 7.25. The third-order valence-electron chi connectivity index (χ3n) is 3.18. The summed E-state index contributed by atoms with van der Waals surface area (Å²) in [5.41, 5.74) is 0.657. The molecule has 2 unspecified atom stereocenters. The number of rotatable bonds is 8. The summed E-state index contributed by atoms with van der Waals surface area (Å²) in [6, 6.07) is 1.72. The Balaban J connectivity index is 2.15. The topological polar surface area (TPSA) is 78.4 Å². The molecule has 0 aliphatic rings. The van der Waals surface area contributed by atoms with Crippen LogP contribution in [0, 0.1) is 5.92 Å². The van der Waals surface area contributed by atoms with Crippen molar-refractivity contribution in [3.05, 3.63) is 22.4 Å². The molecule has 1 aromatic heterocycles. The first-order valence-electron chi connectivity index (χ1n) is 6.75. The van der Waals surface area contributed by atoms with E-state index in [1.807, 2.05) is 19.2 Å². The van der Waals surface area contributed by atoms with Crippen LogP contribution in [0.25, 0.3) is 0 Å². The maximum Gasteiger partial charge on any atom is 0.252 e. The molecule has 0 saturated heterocycles. The van der Waals surface area contributed by atoms with Gasteiger partial charge in [-0.3, -0.25) is 9.59 Å². The first kappa shape index (κ1) is 16.7. The van der Waals surface area contributed by atoms with Crippen LogP contribution in [0.3, 0.4) is 0 Å². The van der Waals surface area contributed by atoms with Gasteiger partial charge in [-0.25, -0.2) is 0 Å². The van der Waals surface area contributed by atoms with E-state index in [9.17, 15) is 9.59 Å². The van der Waals surface area contributed by atoms with Crippen molar-refractivity contribution in [3.8, 4) is 0 Å². The predicted octanol–water partition coefficient (Wildman–Crippen LogP) is 1.39. The van der Waals surface area contributed by atoms with Crippen molar-refractivity contribution in [3.63, 3.8) is 0 Å². The average Bonchev–Trinajstić information content (AvgIpc) is 2.96. The molecule has 3 N–H and O–H groups in total. The van der Waals surface area contributed by atoms with Crippen LogP contribution in [0.1, 0.15) is 37.0 Å². The number of aliphatic hydroxyl groups is 1. The fraction of sp³-hybridized carbons (Fsp3) is 0.571. The van der Waals surface area contributed by atoms with Gasteiger partial charge in [0.25, 0.3) is 5.91 Å². The number of carbonyl (C=O) groups is 2. The standard InChI is InChI=1S/C14H22N2O3S/c1-10(8-17)11(2)16-13(18)4-3-6-15-14(19)12-5-7-20-9-12/h5,7,9-11,17H,3-4,6,8H2,1-2H3,(H,15,19)(H,16,18). The molecule has 0 saturated carbocycles. The number of hydrogen-bond donors (Lipinski definition) is 3. The maximum absolute atomic E-state index is 11.6. The summed E-state index contributed by atoms with van der Waals surface area (Å²) >= 11 is 1.48. The van der Waals surface area contributed by atoms with Crippen LogP contribution in [0.4, 0.5) is 0 Å². The average molecular weight is 298 g/mol. The summed E-state index contributed by atoms with van der Waals surface area (Å²) in [5.74, 6) is -0.117. The molecule has 112 valence electrons. The van der Waals surface area contributed by atoms with Gasteiger partial charge in [0.2, 0.25) is 5.91 Å². The summed E-state index contributed by atoms with van der Waals surface area (Å²) in [7, 11) is 0. The van der Waals surface area contributed by atoms with Gasteiger partial charge in [0.1, 0.15) is 0 Å². The van der Waals surface area contributed by atoms with Crippen molar-refractivity contribution < 1.29 is 14.7 Å². The number of aliphatic hydroxyl groups excluding tert-OH is 1. The van der Waals surface area contributed by atoms with Crippen molar-refractivity contribution in [2.75, 3.05) is 13.2 Å². The monoisotopic (exact) mass is 298 g/mol. The molecule has 1 rings (SSSR count). The smallest absolute Gasteiger partial charge is 0.252 e. The van der Waals surface area contributed by atoms with Crippen LogP contribution in [0.15, 0.2) is 16.8 Å². The van der Waals surface area contributed by atoms with Gasteiger partial charge in [-0.2, -0.15) is 11.3 Å². The second-order valence-electron chi connectivity index (χ2n) is 4.89. The van der Waals surface area contributed by atoms with Crippen LogP contribution in [0.5, 0.6) is 0 Å². The molecular weight excluding hydrogens is 276 g/mol. The van der Waals surface area contributed by atoms with E-state index in [1.165, 1.54) is 11.3 Å². The molecule has 0 radical (unpaired) electrons. The first-order chi connectivity index (χ1) is 9.54. The highest BCUT2D eigenvalue weighted by Gasteiger charge is 2.13. The Morgan fingerprint density at radius 1 is 1.40 bits per heavy atom. The van der Waals surface area contributed by atoms with Crippen LogP contribution < -0.4 is 10.6 Å². The zero-order valence-corrected chi connectivity index (χ0v) is 12.7. The Hall–Kier alpha value is -1.40. The Morgan fingerprint density at radius 2 is 2.15 bits per heavy atom. The molecule has 1 heterocycles. The summed E-state index contributed by atoms with van der Waals surface area (Å²) in [5, 5.41) is 18.2. The quantitative estimate of drug-likeness (QED) is 0.635. The lowest BCUT2D eigenvalue weighted by Crippen LogP contribution is -2.38. The van der Waals surface area contributed by atoms with Gasteiger partial charge >= 0.3 is 0 Å². The van der Waals surface area contributed by atoms with Gasteiger partial charge in [0.15, 0.2) is 0 Å². The van der Waals surface area contributed by atoms with Gasteiger partial charge in [-0.1, -0.05) is 6.92 Å². The fourth-order valence-electron chi connectivity index (χ4n) is 1.57. The van der Waals surface area contributed by atoms with E-state index < -0.39 is 0 Å². The van der Waals surface area contributed by atoms with Crippen molar-refractivity contribution >= 4 is 23.2 Å². The third-order valence-corrected chi connectivity index (χ3v) is 3.86. The minimum atomic E-state index is -0.103. The highest BCUT2D eigenvalue weighted by molar-refractivity contribution is 7.08. The lowest BCUT2D eigenvalue weighted by atomic mass is 10.1. The highest BCUT2D eigenvalue weighted by atomic mass is 32.1. The van der Waals surface area contributed by atoms with E-state index in [4.69, 9.17) is 5.11 Å². The molecule has 6 heteroatoms. The molecular formula is C14H22N2O3S. The van der Waals surface area contributed by atoms with Crippen molar-refractivity contribution in [1.29, 1.82) is 0 Å². The van der Waals surface area contributed by atoms with Crippen LogP contribution in [-0.2, 0) is 4.79 Å². The Labute approximate surface area is 123 Å². The Morgan fingerprint density at radius 3 is 2.75 bits per heavy atom. The van der Waals surface area contributed by atoms with Crippen molar-refractivity contribution in [2.24, 2.45) is 5.92 Å². The molecule has 5 nitrogen and oxygen atoms in total. The van der Waals surface area contributed by atoms with Crippen LogP contribution in [0.2, 0.25) is 0 Å². The second-order valence-corrected chi connectivity index (χ2v) is 5.67. The largest absolute Gasteiger partial charge is 0.396 e. The SMILES string of the molecule is CC(CO)C(C)NC(=O)CCCNC(=O)c1ccsc1. The highest BCUT2D eigenvalue weighted by Crippen LogP contribution is 2.05. The molecule has 0 fully saturated rings. The van der Waals surface area contributed by atoms with E-state index >= 15 is 0 Å². The summed E-state index contributed by atoms with van der Waals surface area (Å²) < 4.78 is 0. The summed E-state index contributed by atoms with van der Waals surface area (Å²) in [6.45, 7) is 4.29. The number of carbonyl (C=O) groups excluding carboxylic acids is 2. The minimum Gasteiger partial charge on any atom is -0.396 e. The van der Waals surface area contributed by atoms with Gasteiger partial charge in [0.05, 0.1) is 0 Å². The van der Waals surface area contributed by atoms with Crippen LogP contribution >= 0.6 is 11.3 Å². The zero-order valence-electron chi connectivity index (χ0n) is 11.9. The molecule has 2 amide bonds. The number of thiophene rings is 1.